The van der Waals surface area contributed by atoms with Gasteiger partial charge in [-0.1, -0.05) is 12.1 Å². The first-order chi connectivity index (χ1) is 13.1. The Morgan fingerprint density at radius 3 is 2.79 bits per heavy atom. The Bertz CT molecular complexity index is 720. The Hall–Kier alpha value is -1.39. The molecule has 0 atom stereocenters. The summed E-state index contributed by atoms with van der Waals surface area (Å²) < 4.78 is 5.80. The predicted octanol–water partition coefficient (Wildman–Crippen LogP) is 3.31. The number of ether oxygens (including phenoxy) is 1. The van der Waals surface area contributed by atoms with Crippen LogP contribution in [0.3, 0.4) is 0 Å². The normalized spacial score (nSPS) is 11.2. The van der Waals surface area contributed by atoms with Crippen LogP contribution in [0.2, 0.25) is 0 Å². The van der Waals surface area contributed by atoms with Gasteiger partial charge in [-0.25, -0.2) is 9.98 Å². The number of benzene rings is 1. The molecule has 0 aliphatic rings. The minimum atomic E-state index is 0. The van der Waals surface area contributed by atoms with Gasteiger partial charge >= 0.3 is 0 Å². The summed E-state index contributed by atoms with van der Waals surface area (Å²) in [5.41, 5.74) is 1.13. The Labute approximate surface area is 189 Å². The lowest BCUT2D eigenvalue weighted by atomic mass is 10.2. The molecule has 0 radical (unpaired) electrons. The number of nitrogens with one attached hydrogen (secondary N) is 2. The van der Waals surface area contributed by atoms with Crippen LogP contribution in [-0.4, -0.2) is 56.2 Å². The lowest BCUT2D eigenvalue weighted by Crippen LogP contribution is -2.38. The van der Waals surface area contributed by atoms with Crippen molar-refractivity contribution in [3.63, 3.8) is 0 Å². The summed E-state index contributed by atoms with van der Waals surface area (Å²) in [4.78, 5) is 12.4. The lowest BCUT2D eigenvalue weighted by Gasteiger charge is -2.12. The van der Waals surface area contributed by atoms with Crippen LogP contribution < -0.4 is 15.4 Å². The average molecular weight is 517 g/mol. The van der Waals surface area contributed by atoms with Crippen molar-refractivity contribution in [2.75, 3.05) is 40.3 Å². The Morgan fingerprint density at radius 1 is 1.29 bits per heavy atom. The van der Waals surface area contributed by atoms with E-state index in [4.69, 9.17) is 4.74 Å². The molecule has 2 rings (SSSR count). The first-order valence-corrected chi connectivity index (χ1v) is 10.2. The Morgan fingerprint density at radius 2 is 2.11 bits per heavy atom. The third-order valence-electron chi connectivity index (χ3n) is 3.77. The van der Waals surface area contributed by atoms with Crippen molar-refractivity contribution in [1.82, 2.24) is 20.5 Å². The van der Waals surface area contributed by atoms with Gasteiger partial charge in [0.1, 0.15) is 12.4 Å². The largest absolute Gasteiger partial charge is 0.492 e. The average Bonchev–Trinajstić information content (AvgIpc) is 3.05. The van der Waals surface area contributed by atoms with E-state index >= 15 is 0 Å². The zero-order valence-corrected chi connectivity index (χ0v) is 20.3. The minimum absolute atomic E-state index is 0. The molecule has 0 spiro atoms. The fraction of sp³-hybridized carbons (Fsp3) is 0.500. The molecule has 28 heavy (non-hydrogen) atoms. The minimum Gasteiger partial charge on any atom is -0.492 e. The van der Waals surface area contributed by atoms with E-state index in [0.717, 1.165) is 48.3 Å². The van der Waals surface area contributed by atoms with Crippen LogP contribution in [0.1, 0.15) is 22.4 Å². The Balaban J connectivity index is 0.00000392. The number of guanidine groups is 1. The summed E-state index contributed by atoms with van der Waals surface area (Å²) in [7, 11) is 4.08. The number of hydrogen-bond donors (Lipinski definition) is 2. The van der Waals surface area contributed by atoms with Gasteiger partial charge in [0, 0.05) is 37.1 Å². The van der Waals surface area contributed by atoms with E-state index in [0.29, 0.717) is 13.2 Å². The van der Waals surface area contributed by atoms with Crippen LogP contribution in [0.15, 0.2) is 35.5 Å². The molecule has 0 unspecified atom stereocenters. The highest BCUT2D eigenvalue weighted by atomic mass is 127. The second-order valence-electron chi connectivity index (χ2n) is 6.54. The summed E-state index contributed by atoms with van der Waals surface area (Å²) >= 11 is 1.74. The van der Waals surface area contributed by atoms with Crippen LogP contribution in [0.4, 0.5) is 0 Å². The molecule has 1 aromatic carbocycles. The molecule has 0 bridgehead atoms. The van der Waals surface area contributed by atoms with E-state index in [1.807, 2.05) is 32.4 Å². The summed E-state index contributed by atoms with van der Waals surface area (Å²) in [6.07, 6.45) is 2.82. The number of aryl methyl sites for hydroxylation is 1. The third-order valence-corrected chi connectivity index (χ3v) is 4.74. The van der Waals surface area contributed by atoms with Gasteiger partial charge in [0.25, 0.3) is 0 Å². The van der Waals surface area contributed by atoms with Gasteiger partial charge in [-0.05, 0) is 45.6 Å². The molecule has 0 aliphatic carbocycles. The Kier molecular flexibility index (Phi) is 12.1. The van der Waals surface area contributed by atoms with Crippen molar-refractivity contribution in [1.29, 1.82) is 0 Å². The zero-order chi connectivity index (χ0) is 19.5. The fourth-order valence-electron chi connectivity index (χ4n) is 2.40. The molecule has 2 N–H and O–H groups in total. The number of thiazole rings is 1. The maximum absolute atomic E-state index is 5.80. The topological polar surface area (TPSA) is 61.8 Å². The first-order valence-electron chi connectivity index (χ1n) is 9.36. The van der Waals surface area contributed by atoms with Crippen molar-refractivity contribution in [3.05, 3.63) is 45.9 Å². The molecular weight excluding hydrogens is 485 g/mol. The molecule has 0 saturated carbocycles. The molecule has 6 nitrogen and oxygen atoms in total. The van der Waals surface area contributed by atoms with E-state index in [1.165, 1.54) is 4.88 Å². The van der Waals surface area contributed by atoms with Crippen molar-refractivity contribution in [2.45, 2.75) is 26.8 Å². The van der Waals surface area contributed by atoms with Crippen molar-refractivity contribution in [3.8, 4) is 5.75 Å². The van der Waals surface area contributed by atoms with Crippen LogP contribution in [0.25, 0.3) is 0 Å². The van der Waals surface area contributed by atoms with Gasteiger partial charge in [0.2, 0.25) is 0 Å². The van der Waals surface area contributed by atoms with Gasteiger partial charge in [-0.15, -0.1) is 35.3 Å². The molecule has 8 heteroatoms. The van der Waals surface area contributed by atoms with Crippen LogP contribution in [0, 0.1) is 6.92 Å². The van der Waals surface area contributed by atoms with E-state index in [-0.39, 0.29) is 24.0 Å². The molecular formula is C20H32IN5OS. The number of aliphatic imine (C=N–C) groups is 1. The van der Waals surface area contributed by atoms with E-state index < -0.39 is 0 Å². The molecule has 156 valence electrons. The van der Waals surface area contributed by atoms with Gasteiger partial charge in [0.15, 0.2) is 5.96 Å². The highest BCUT2D eigenvalue weighted by Gasteiger charge is 2.02. The molecule has 1 heterocycles. The summed E-state index contributed by atoms with van der Waals surface area (Å²) in [6, 6.07) is 8.13. The van der Waals surface area contributed by atoms with E-state index in [9.17, 15) is 0 Å². The molecule has 0 saturated heterocycles. The monoisotopic (exact) mass is 517 g/mol. The van der Waals surface area contributed by atoms with Crippen LogP contribution in [-0.2, 0) is 13.0 Å². The highest BCUT2D eigenvalue weighted by Crippen LogP contribution is 2.14. The summed E-state index contributed by atoms with van der Waals surface area (Å²) in [5.74, 6) is 1.71. The predicted molar refractivity (Wildman–Crippen MR) is 129 cm³/mol. The highest BCUT2D eigenvalue weighted by molar-refractivity contribution is 14.0. The van der Waals surface area contributed by atoms with Gasteiger partial charge in [-0.3, -0.25) is 0 Å². The zero-order valence-electron chi connectivity index (χ0n) is 17.2. The number of aromatic nitrogens is 1. The number of halogens is 1. The van der Waals surface area contributed by atoms with E-state index in [1.54, 1.807) is 11.3 Å². The first kappa shape index (κ1) is 24.6. The quantitative estimate of drug-likeness (QED) is 0.288. The molecule has 0 fully saturated rings. The number of hydrogen-bond acceptors (Lipinski definition) is 5. The van der Waals surface area contributed by atoms with E-state index in [2.05, 4.69) is 51.5 Å². The second kappa shape index (κ2) is 13.7. The maximum Gasteiger partial charge on any atom is 0.191 e. The smallest absolute Gasteiger partial charge is 0.191 e. The molecule has 0 aliphatic heterocycles. The van der Waals surface area contributed by atoms with Crippen molar-refractivity contribution >= 4 is 41.3 Å². The van der Waals surface area contributed by atoms with Crippen molar-refractivity contribution in [2.24, 2.45) is 4.99 Å². The molecule has 1 aromatic heterocycles. The fourth-order valence-corrected chi connectivity index (χ4v) is 3.18. The molecule has 2 aromatic rings. The summed E-state index contributed by atoms with van der Waals surface area (Å²) in [6.45, 7) is 7.98. The number of rotatable bonds is 10. The van der Waals surface area contributed by atoms with Gasteiger partial charge in [0.05, 0.1) is 11.6 Å². The second-order valence-corrected chi connectivity index (χ2v) is 7.86. The standard InChI is InChI=1S/C20H31N5OS.HI/c1-5-21-20(22-10-9-19-23-14-16(2)27-19)24-15-17-7-6-8-18(13-17)26-12-11-25(3)4;/h6-8,13-14H,5,9-12,15H2,1-4H3,(H2,21,22,24);1H. The van der Waals surface area contributed by atoms with Crippen LogP contribution in [0.5, 0.6) is 5.75 Å². The lowest BCUT2D eigenvalue weighted by molar-refractivity contribution is 0.261. The summed E-state index contributed by atoms with van der Waals surface area (Å²) in [5, 5.41) is 7.82. The third kappa shape index (κ3) is 9.70. The SMILES string of the molecule is CCNC(=NCc1cccc(OCCN(C)C)c1)NCCc1ncc(C)s1.I. The number of nitrogens with zero attached hydrogens (tertiary/aromatic N) is 3. The van der Waals surface area contributed by atoms with Gasteiger partial charge in [-0.2, -0.15) is 0 Å². The van der Waals surface area contributed by atoms with Gasteiger partial charge < -0.3 is 20.3 Å². The molecule has 0 amide bonds. The van der Waals surface area contributed by atoms with Crippen LogP contribution >= 0.6 is 35.3 Å². The maximum atomic E-state index is 5.80. The van der Waals surface area contributed by atoms with Crippen molar-refractivity contribution < 1.29 is 4.74 Å². The number of likely N-dealkylation sites (N-methyl/N-ethyl adjacent to an activating group) is 1.